The van der Waals surface area contributed by atoms with Crippen LogP contribution in [0.4, 0.5) is 13.2 Å². The van der Waals surface area contributed by atoms with Crippen LogP contribution in [0.5, 0.6) is 5.75 Å². The molecule has 0 aromatic heterocycles. The number of carbonyl (C=O) groups is 1. The number of alkyl halides is 3. The second-order valence-corrected chi connectivity index (χ2v) is 7.05. The van der Waals surface area contributed by atoms with Gasteiger partial charge in [0.15, 0.2) is 0 Å². The van der Waals surface area contributed by atoms with Crippen molar-refractivity contribution in [3.63, 3.8) is 0 Å². The number of halogens is 3. The number of phenolic OH excluding ortho intramolecular Hbond substituents is 1. The predicted molar refractivity (Wildman–Crippen MR) is 96.5 cm³/mol. The summed E-state index contributed by atoms with van der Waals surface area (Å²) in [4.78, 5) is 14.4. The van der Waals surface area contributed by atoms with E-state index in [1.807, 2.05) is 0 Å². The Morgan fingerprint density at radius 2 is 1.93 bits per heavy atom. The van der Waals surface area contributed by atoms with Gasteiger partial charge in [-0.05, 0) is 61.4 Å². The molecule has 0 saturated carbocycles. The molecular formula is C21H22F3NO2. The van der Waals surface area contributed by atoms with Crippen LogP contribution in [0, 0.1) is 5.92 Å². The van der Waals surface area contributed by atoms with Gasteiger partial charge in [0, 0.05) is 18.7 Å². The fourth-order valence-electron chi connectivity index (χ4n) is 3.58. The zero-order valence-corrected chi connectivity index (χ0v) is 14.9. The van der Waals surface area contributed by atoms with Crippen molar-refractivity contribution in [2.45, 2.75) is 31.9 Å². The van der Waals surface area contributed by atoms with Crippen LogP contribution in [0.15, 0.2) is 48.5 Å². The van der Waals surface area contributed by atoms with Crippen LogP contribution in [-0.2, 0) is 12.6 Å². The van der Waals surface area contributed by atoms with E-state index in [9.17, 15) is 23.1 Å². The van der Waals surface area contributed by atoms with E-state index in [2.05, 4.69) is 0 Å². The van der Waals surface area contributed by atoms with E-state index in [1.54, 1.807) is 23.1 Å². The Morgan fingerprint density at radius 1 is 1.15 bits per heavy atom. The standard InChI is InChI=1S/C21H22F3NO2/c22-21(23,24)18-7-1-4-15(12-18)9-10-16-5-3-11-25(14-16)20(27)17-6-2-8-19(26)13-17/h1-2,4,6-8,12-13,16,26H,3,5,9-11,14H2/t16-/m0/s1. The normalized spacial score (nSPS) is 17.7. The van der Waals surface area contributed by atoms with E-state index in [-0.39, 0.29) is 17.6 Å². The summed E-state index contributed by atoms with van der Waals surface area (Å²) in [7, 11) is 0. The van der Waals surface area contributed by atoms with Crippen LogP contribution >= 0.6 is 0 Å². The number of benzene rings is 2. The number of aryl methyl sites for hydroxylation is 1. The van der Waals surface area contributed by atoms with Crippen molar-refractivity contribution in [2.24, 2.45) is 5.92 Å². The van der Waals surface area contributed by atoms with Gasteiger partial charge in [0.05, 0.1) is 5.56 Å². The maximum Gasteiger partial charge on any atom is 0.416 e. The highest BCUT2D eigenvalue weighted by molar-refractivity contribution is 5.94. The largest absolute Gasteiger partial charge is 0.508 e. The summed E-state index contributed by atoms with van der Waals surface area (Å²) < 4.78 is 38.5. The van der Waals surface area contributed by atoms with E-state index in [4.69, 9.17) is 0 Å². The SMILES string of the molecule is O=C(c1cccc(O)c1)N1CCC[C@@H](CCc2cccc(C(F)(F)F)c2)C1. The molecule has 6 heteroatoms. The molecule has 1 saturated heterocycles. The van der Waals surface area contributed by atoms with Gasteiger partial charge in [0.25, 0.3) is 5.91 Å². The van der Waals surface area contributed by atoms with E-state index in [0.717, 1.165) is 25.3 Å². The molecule has 144 valence electrons. The molecule has 2 aromatic rings. The molecule has 0 spiro atoms. The van der Waals surface area contributed by atoms with Crippen LogP contribution in [0.25, 0.3) is 0 Å². The Morgan fingerprint density at radius 3 is 2.67 bits per heavy atom. The summed E-state index contributed by atoms with van der Waals surface area (Å²) in [5.41, 5.74) is 0.499. The molecule has 1 amide bonds. The number of nitrogens with zero attached hydrogens (tertiary/aromatic N) is 1. The Balaban J connectivity index is 1.60. The zero-order valence-electron chi connectivity index (χ0n) is 14.9. The fourth-order valence-corrected chi connectivity index (χ4v) is 3.58. The van der Waals surface area contributed by atoms with Crippen LogP contribution < -0.4 is 0 Å². The molecule has 1 fully saturated rings. The molecule has 0 radical (unpaired) electrons. The minimum atomic E-state index is -4.33. The first kappa shape index (κ1) is 19.3. The highest BCUT2D eigenvalue weighted by atomic mass is 19.4. The third-order valence-corrected chi connectivity index (χ3v) is 4.99. The van der Waals surface area contributed by atoms with E-state index in [0.29, 0.717) is 30.6 Å². The number of hydrogen-bond donors (Lipinski definition) is 1. The van der Waals surface area contributed by atoms with Gasteiger partial charge in [-0.2, -0.15) is 13.2 Å². The Bertz CT molecular complexity index is 804. The summed E-state index contributed by atoms with van der Waals surface area (Å²) >= 11 is 0. The highest BCUT2D eigenvalue weighted by Crippen LogP contribution is 2.30. The highest BCUT2D eigenvalue weighted by Gasteiger charge is 2.30. The van der Waals surface area contributed by atoms with Crippen molar-refractivity contribution in [1.29, 1.82) is 0 Å². The molecule has 1 atom stereocenters. The quantitative estimate of drug-likeness (QED) is 0.824. The average molecular weight is 377 g/mol. The van der Waals surface area contributed by atoms with Crippen molar-refractivity contribution in [2.75, 3.05) is 13.1 Å². The molecule has 3 rings (SSSR count). The maximum atomic E-state index is 12.8. The van der Waals surface area contributed by atoms with Crippen LogP contribution in [0.1, 0.15) is 40.7 Å². The molecule has 3 nitrogen and oxygen atoms in total. The Hall–Kier alpha value is -2.50. The Kier molecular flexibility index (Phi) is 5.73. The first-order chi connectivity index (χ1) is 12.8. The van der Waals surface area contributed by atoms with E-state index in [1.165, 1.54) is 24.3 Å². The molecule has 0 aliphatic carbocycles. The molecule has 0 bridgehead atoms. The van der Waals surface area contributed by atoms with Gasteiger partial charge >= 0.3 is 6.18 Å². The van der Waals surface area contributed by atoms with Gasteiger partial charge in [0.1, 0.15) is 5.75 Å². The van der Waals surface area contributed by atoms with E-state index < -0.39 is 11.7 Å². The number of rotatable bonds is 4. The third kappa shape index (κ3) is 5.02. The lowest BCUT2D eigenvalue weighted by Gasteiger charge is -2.33. The van der Waals surface area contributed by atoms with Crippen molar-refractivity contribution in [1.82, 2.24) is 4.90 Å². The minimum Gasteiger partial charge on any atom is -0.508 e. The van der Waals surface area contributed by atoms with Crippen LogP contribution in [-0.4, -0.2) is 29.0 Å². The van der Waals surface area contributed by atoms with Crippen molar-refractivity contribution >= 4 is 5.91 Å². The van der Waals surface area contributed by atoms with E-state index >= 15 is 0 Å². The van der Waals surface area contributed by atoms with Gasteiger partial charge < -0.3 is 10.0 Å². The van der Waals surface area contributed by atoms with Crippen molar-refractivity contribution in [3.05, 3.63) is 65.2 Å². The van der Waals surface area contributed by atoms with Crippen molar-refractivity contribution in [3.8, 4) is 5.75 Å². The first-order valence-electron chi connectivity index (χ1n) is 9.07. The van der Waals surface area contributed by atoms with Gasteiger partial charge in [-0.1, -0.05) is 24.3 Å². The lowest BCUT2D eigenvalue weighted by Crippen LogP contribution is -2.40. The lowest BCUT2D eigenvalue weighted by atomic mass is 9.91. The molecule has 0 unspecified atom stereocenters. The summed E-state index contributed by atoms with van der Waals surface area (Å²) in [6, 6.07) is 11.7. The zero-order chi connectivity index (χ0) is 19.4. The number of hydrogen-bond acceptors (Lipinski definition) is 2. The number of piperidine rings is 1. The summed E-state index contributed by atoms with van der Waals surface area (Å²) in [6.07, 6.45) is -1.19. The number of amides is 1. The van der Waals surface area contributed by atoms with Gasteiger partial charge in [-0.3, -0.25) is 4.79 Å². The Labute approximate surface area is 156 Å². The number of aromatic hydroxyl groups is 1. The van der Waals surface area contributed by atoms with Crippen molar-refractivity contribution < 1.29 is 23.1 Å². The maximum absolute atomic E-state index is 12.8. The topological polar surface area (TPSA) is 40.5 Å². The van der Waals surface area contributed by atoms with Gasteiger partial charge in [0.2, 0.25) is 0 Å². The summed E-state index contributed by atoms with van der Waals surface area (Å²) in [5.74, 6) is 0.197. The summed E-state index contributed by atoms with van der Waals surface area (Å²) in [6.45, 7) is 1.25. The minimum absolute atomic E-state index is 0.0546. The molecule has 2 aromatic carbocycles. The monoisotopic (exact) mass is 377 g/mol. The fraction of sp³-hybridized carbons (Fsp3) is 0.381. The van der Waals surface area contributed by atoms with Gasteiger partial charge in [-0.25, -0.2) is 0 Å². The number of carbonyl (C=O) groups excluding carboxylic acids is 1. The second-order valence-electron chi connectivity index (χ2n) is 7.05. The van der Waals surface area contributed by atoms with Crippen LogP contribution in [0.2, 0.25) is 0 Å². The molecule has 1 aliphatic heterocycles. The second kappa shape index (κ2) is 8.03. The van der Waals surface area contributed by atoms with Crippen LogP contribution in [0.3, 0.4) is 0 Å². The third-order valence-electron chi connectivity index (χ3n) is 4.99. The predicted octanol–water partition coefficient (Wildman–Crippen LogP) is 4.90. The van der Waals surface area contributed by atoms with Gasteiger partial charge in [-0.15, -0.1) is 0 Å². The molecule has 1 N–H and O–H groups in total. The molecule has 27 heavy (non-hydrogen) atoms. The molecule has 1 heterocycles. The number of likely N-dealkylation sites (tertiary alicyclic amines) is 1. The first-order valence-corrected chi connectivity index (χ1v) is 9.07. The molecular weight excluding hydrogens is 355 g/mol. The molecule has 1 aliphatic rings. The summed E-state index contributed by atoms with van der Waals surface area (Å²) in [5, 5.41) is 9.55. The lowest BCUT2D eigenvalue weighted by molar-refractivity contribution is -0.137. The number of phenols is 1. The smallest absolute Gasteiger partial charge is 0.416 e. The average Bonchev–Trinajstić information content (AvgIpc) is 2.65.